The van der Waals surface area contributed by atoms with Crippen LogP contribution in [0.2, 0.25) is 10.0 Å². The van der Waals surface area contributed by atoms with Crippen molar-refractivity contribution < 1.29 is 9.13 Å². The minimum atomic E-state index is -0.243. The summed E-state index contributed by atoms with van der Waals surface area (Å²) < 4.78 is 19.8. The number of hydrogen-bond donors (Lipinski definition) is 0. The summed E-state index contributed by atoms with van der Waals surface area (Å²) in [4.78, 5) is 0. The molecule has 2 atom stereocenters. The monoisotopic (exact) mass is 418 g/mol. The molecule has 0 N–H and O–H groups in total. The number of fused-ring (bicyclic) bond motifs is 3. The molecular formula is C22H21Cl2FN2O. The molecule has 2 aromatic rings. The quantitative estimate of drug-likeness (QED) is 0.549. The molecule has 0 spiro atoms. The van der Waals surface area contributed by atoms with Gasteiger partial charge in [0.1, 0.15) is 11.6 Å². The Hall–Kier alpha value is -1.78. The van der Waals surface area contributed by atoms with Gasteiger partial charge in [-0.3, -0.25) is 0 Å². The van der Waals surface area contributed by atoms with Crippen molar-refractivity contribution in [1.82, 2.24) is 5.01 Å². The SMILES string of the molecule is Fc1ccc(C2=NN3[C@@H](C2)c2cc(Cl)cc(Cl)c2O[C@H]3C2CCCCC2)cc1. The Labute approximate surface area is 174 Å². The van der Waals surface area contributed by atoms with Gasteiger partial charge in [-0.2, -0.15) is 5.10 Å². The van der Waals surface area contributed by atoms with Gasteiger partial charge in [0.05, 0.1) is 16.8 Å². The highest BCUT2D eigenvalue weighted by molar-refractivity contribution is 6.35. The maximum atomic E-state index is 13.4. The summed E-state index contributed by atoms with van der Waals surface area (Å²) in [5.41, 5.74) is 2.86. The summed E-state index contributed by atoms with van der Waals surface area (Å²) in [7, 11) is 0. The van der Waals surface area contributed by atoms with E-state index in [1.807, 2.05) is 6.07 Å². The maximum Gasteiger partial charge on any atom is 0.190 e. The molecule has 2 aromatic carbocycles. The molecule has 0 aromatic heterocycles. The van der Waals surface area contributed by atoms with Crippen molar-refractivity contribution in [2.45, 2.75) is 50.8 Å². The number of hydrazone groups is 1. The summed E-state index contributed by atoms with van der Waals surface area (Å²) in [5.74, 6) is 0.915. The smallest absolute Gasteiger partial charge is 0.190 e. The largest absolute Gasteiger partial charge is 0.467 e. The number of halogens is 3. The van der Waals surface area contributed by atoms with Crippen LogP contribution in [0.5, 0.6) is 5.75 Å². The molecule has 2 heterocycles. The van der Waals surface area contributed by atoms with Crippen LogP contribution in [0.3, 0.4) is 0 Å². The number of rotatable bonds is 2. The minimum absolute atomic E-state index is 0.0342. The van der Waals surface area contributed by atoms with Gasteiger partial charge in [0.15, 0.2) is 6.23 Å². The van der Waals surface area contributed by atoms with Crippen molar-refractivity contribution in [1.29, 1.82) is 0 Å². The van der Waals surface area contributed by atoms with Crippen LogP contribution in [0.15, 0.2) is 41.5 Å². The number of hydrogen-bond acceptors (Lipinski definition) is 3. The first-order valence-corrected chi connectivity index (χ1v) is 10.6. The van der Waals surface area contributed by atoms with Gasteiger partial charge in [-0.1, -0.05) is 54.6 Å². The van der Waals surface area contributed by atoms with Crippen molar-refractivity contribution >= 4 is 28.9 Å². The Morgan fingerprint density at radius 3 is 2.54 bits per heavy atom. The Kier molecular flexibility index (Phi) is 4.72. The van der Waals surface area contributed by atoms with E-state index in [4.69, 9.17) is 33.0 Å². The summed E-state index contributed by atoms with van der Waals surface area (Å²) in [6, 6.07) is 10.2. The molecule has 5 rings (SSSR count). The summed E-state index contributed by atoms with van der Waals surface area (Å²) >= 11 is 12.8. The molecular weight excluding hydrogens is 398 g/mol. The van der Waals surface area contributed by atoms with Crippen molar-refractivity contribution in [3.63, 3.8) is 0 Å². The van der Waals surface area contributed by atoms with E-state index in [0.717, 1.165) is 41.9 Å². The van der Waals surface area contributed by atoms with Gasteiger partial charge in [-0.25, -0.2) is 9.40 Å². The van der Waals surface area contributed by atoms with E-state index in [2.05, 4.69) is 5.01 Å². The average Bonchev–Trinajstić information content (AvgIpc) is 3.14. The van der Waals surface area contributed by atoms with Crippen molar-refractivity contribution in [2.24, 2.45) is 11.0 Å². The van der Waals surface area contributed by atoms with Gasteiger partial charge >= 0.3 is 0 Å². The predicted octanol–water partition coefficient (Wildman–Crippen LogP) is 6.58. The lowest BCUT2D eigenvalue weighted by molar-refractivity contribution is -0.0642. The van der Waals surface area contributed by atoms with Crippen LogP contribution >= 0.6 is 23.2 Å². The third-order valence-corrected chi connectivity index (χ3v) is 6.57. The zero-order chi connectivity index (χ0) is 19.3. The number of benzene rings is 2. The van der Waals surface area contributed by atoms with Crippen LogP contribution in [0.1, 0.15) is 55.7 Å². The maximum absolute atomic E-state index is 13.4. The Bertz CT molecular complexity index is 925. The average molecular weight is 419 g/mol. The number of ether oxygens (including phenoxy) is 1. The first kappa shape index (κ1) is 18.3. The summed E-state index contributed by atoms with van der Waals surface area (Å²) in [6.07, 6.45) is 6.59. The second-order valence-electron chi connectivity index (χ2n) is 7.87. The van der Waals surface area contributed by atoms with Gasteiger partial charge in [-0.05, 0) is 42.7 Å². The summed E-state index contributed by atoms with van der Waals surface area (Å²) in [6.45, 7) is 0. The zero-order valence-electron chi connectivity index (χ0n) is 15.4. The van der Waals surface area contributed by atoms with Crippen LogP contribution in [-0.4, -0.2) is 16.9 Å². The first-order valence-electron chi connectivity index (χ1n) is 9.87. The normalized spacial score (nSPS) is 24.4. The van der Waals surface area contributed by atoms with Gasteiger partial charge in [0.2, 0.25) is 0 Å². The highest BCUT2D eigenvalue weighted by Crippen LogP contribution is 2.49. The molecule has 0 amide bonds. The molecule has 0 saturated heterocycles. The standard InChI is InChI=1S/C22H21Cl2FN2O/c23-15-10-17-20-12-19(13-6-8-16(25)9-7-13)26-27(20)22(14-4-2-1-3-5-14)28-21(17)18(24)11-15/h6-11,14,20,22H,1-5,12H2/t20-,22-/m0/s1. The summed E-state index contributed by atoms with van der Waals surface area (Å²) in [5, 5.41) is 8.19. The van der Waals surface area contributed by atoms with Crippen molar-refractivity contribution in [2.75, 3.05) is 0 Å². The fraction of sp³-hybridized carbons (Fsp3) is 0.409. The lowest BCUT2D eigenvalue weighted by Crippen LogP contribution is -2.46. The fourth-order valence-electron chi connectivity index (χ4n) is 4.69. The highest BCUT2D eigenvalue weighted by Gasteiger charge is 2.44. The van der Waals surface area contributed by atoms with Crippen LogP contribution < -0.4 is 4.74 Å². The molecule has 6 heteroatoms. The van der Waals surface area contributed by atoms with Crippen molar-refractivity contribution in [3.05, 3.63) is 63.4 Å². The van der Waals surface area contributed by atoms with E-state index in [-0.39, 0.29) is 18.1 Å². The molecule has 0 bridgehead atoms. The lowest BCUT2D eigenvalue weighted by atomic mass is 9.86. The first-order chi connectivity index (χ1) is 13.6. The van der Waals surface area contributed by atoms with Crippen LogP contribution in [0.25, 0.3) is 0 Å². The lowest BCUT2D eigenvalue weighted by Gasteiger charge is -2.43. The minimum Gasteiger partial charge on any atom is -0.467 e. The van der Waals surface area contributed by atoms with Crippen LogP contribution in [-0.2, 0) is 0 Å². The topological polar surface area (TPSA) is 24.8 Å². The molecule has 2 aliphatic heterocycles. The van der Waals surface area contributed by atoms with Crippen molar-refractivity contribution in [3.8, 4) is 5.75 Å². The van der Waals surface area contributed by atoms with E-state index >= 15 is 0 Å². The third kappa shape index (κ3) is 3.17. The van der Waals surface area contributed by atoms with Gasteiger partial charge < -0.3 is 4.74 Å². The fourth-order valence-corrected chi connectivity index (χ4v) is 5.24. The van der Waals surface area contributed by atoms with Gasteiger partial charge in [-0.15, -0.1) is 0 Å². The van der Waals surface area contributed by atoms with Crippen LogP contribution in [0.4, 0.5) is 4.39 Å². The molecule has 3 aliphatic rings. The highest BCUT2D eigenvalue weighted by atomic mass is 35.5. The zero-order valence-corrected chi connectivity index (χ0v) is 16.9. The van der Waals surface area contributed by atoms with Gasteiger partial charge in [0, 0.05) is 22.9 Å². The molecule has 1 aliphatic carbocycles. The van der Waals surface area contributed by atoms with E-state index in [1.54, 1.807) is 18.2 Å². The van der Waals surface area contributed by atoms with Crippen LogP contribution in [0, 0.1) is 11.7 Å². The van der Waals surface area contributed by atoms with E-state index in [9.17, 15) is 4.39 Å². The third-order valence-electron chi connectivity index (χ3n) is 6.07. The Morgan fingerprint density at radius 2 is 1.79 bits per heavy atom. The molecule has 0 radical (unpaired) electrons. The van der Waals surface area contributed by atoms with E-state index in [0.29, 0.717) is 16.0 Å². The molecule has 3 nitrogen and oxygen atoms in total. The molecule has 28 heavy (non-hydrogen) atoms. The molecule has 1 saturated carbocycles. The van der Waals surface area contributed by atoms with Gasteiger partial charge in [0.25, 0.3) is 0 Å². The number of nitrogens with zero attached hydrogens (tertiary/aromatic N) is 2. The second kappa shape index (κ2) is 7.23. The Morgan fingerprint density at radius 1 is 1.04 bits per heavy atom. The van der Waals surface area contributed by atoms with E-state index in [1.165, 1.54) is 31.4 Å². The molecule has 1 fully saturated rings. The second-order valence-corrected chi connectivity index (χ2v) is 8.71. The Balaban J connectivity index is 1.56. The molecule has 0 unspecified atom stereocenters. The predicted molar refractivity (Wildman–Crippen MR) is 110 cm³/mol. The molecule has 146 valence electrons. The van der Waals surface area contributed by atoms with E-state index < -0.39 is 0 Å².